The first kappa shape index (κ1) is 31.2. The fourth-order valence-electron chi connectivity index (χ4n) is 5.10. The number of esters is 2. The van der Waals surface area contributed by atoms with Gasteiger partial charge in [0.15, 0.2) is 0 Å². The number of anilines is 2. The number of fused-ring (bicyclic) bond motifs is 2. The van der Waals surface area contributed by atoms with E-state index in [4.69, 9.17) is 30.5 Å². The van der Waals surface area contributed by atoms with Crippen LogP contribution in [0.5, 0.6) is 0 Å². The number of H-pyrrole nitrogens is 1. The molecule has 0 bridgehead atoms. The van der Waals surface area contributed by atoms with E-state index in [1.807, 2.05) is 36.4 Å². The van der Waals surface area contributed by atoms with Crippen molar-refractivity contribution >= 4 is 56.7 Å². The summed E-state index contributed by atoms with van der Waals surface area (Å²) in [4.78, 5) is 48.0. The van der Waals surface area contributed by atoms with Crippen molar-refractivity contribution < 1.29 is 28.5 Å². The molecule has 0 amide bonds. The lowest BCUT2D eigenvalue weighted by Gasteiger charge is -2.29. The van der Waals surface area contributed by atoms with E-state index < -0.39 is 11.9 Å². The summed E-state index contributed by atoms with van der Waals surface area (Å²) in [5.74, 6) is -1.04. The minimum atomic E-state index is -0.595. The van der Waals surface area contributed by atoms with E-state index in [1.54, 1.807) is 13.8 Å². The average Bonchev–Trinajstić information content (AvgIpc) is 3.06. The van der Waals surface area contributed by atoms with Crippen molar-refractivity contribution in [3.63, 3.8) is 0 Å². The molecule has 2 aromatic heterocycles. The van der Waals surface area contributed by atoms with Gasteiger partial charge in [0, 0.05) is 66.2 Å². The summed E-state index contributed by atoms with van der Waals surface area (Å²) >= 11 is 6.40. The summed E-state index contributed by atoms with van der Waals surface area (Å²) in [5, 5.41) is 1.64. The highest BCUT2D eigenvalue weighted by atomic mass is 35.5. The Bertz CT molecular complexity index is 1700. The predicted molar refractivity (Wildman–Crippen MR) is 169 cm³/mol. The van der Waals surface area contributed by atoms with Crippen molar-refractivity contribution in [2.45, 2.75) is 13.8 Å². The van der Waals surface area contributed by atoms with Crippen LogP contribution in [0.1, 0.15) is 34.6 Å². The Morgan fingerprint density at radius 1 is 0.841 bits per heavy atom. The smallest absolute Gasteiger partial charge is 0.343 e. The van der Waals surface area contributed by atoms with Crippen LogP contribution in [-0.2, 0) is 18.9 Å². The Balaban J connectivity index is 0.000000175. The van der Waals surface area contributed by atoms with Crippen LogP contribution in [0.25, 0.3) is 21.8 Å². The lowest BCUT2D eigenvalue weighted by molar-refractivity contribution is 0.0516. The third kappa shape index (κ3) is 6.96. The van der Waals surface area contributed by atoms with Crippen molar-refractivity contribution in [2.75, 3.05) is 75.6 Å². The van der Waals surface area contributed by atoms with E-state index in [9.17, 15) is 14.4 Å². The molecule has 4 aromatic rings. The standard InChI is InChI=1S/C16H17ClN2O3.C16H18N2O4/c1-2-22-16(20)13-10-18-14-4-3-11(9-12(14)15(13)17)19-5-7-21-8-6-19;1-2-22-16(20)13-10-17-14-4-3-11(9-12(14)15(13)19)18-5-7-21-8-6-18/h3-4,9-10H,2,5-8H2,1H3;3-4,9-10H,2,5-8H2,1H3,(H,17,19). The summed E-state index contributed by atoms with van der Waals surface area (Å²) in [7, 11) is 0. The van der Waals surface area contributed by atoms with Gasteiger partial charge < -0.3 is 33.7 Å². The van der Waals surface area contributed by atoms with Gasteiger partial charge in [0.05, 0.1) is 55.7 Å². The second-order valence-electron chi connectivity index (χ2n) is 10.1. The molecule has 2 aromatic carbocycles. The second-order valence-corrected chi connectivity index (χ2v) is 10.5. The molecule has 2 saturated heterocycles. The van der Waals surface area contributed by atoms with E-state index in [1.165, 1.54) is 12.4 Å². The van der Waals surface area contributed by atoms with E-state index in [-0.39, 0.29) is 17.6 Å². The summed E-state index contributed by atoms with van der Waals surface area (Å²) in [5.41, 5.74) is 3.51. The number of aromatic nitrogens is 2. The topological polar surface area (TPSA) is 123 Å². The van der Waals surface area contributed by atoms with Crippen LogP contribution < -0.4 is 15.2 Å². The number of hydrogen-bond donors (Lipinski definition) is 1. The van der Waals surface area contributed by atoms with Crippen molar-refractivity contribution in [3.8, 4) is 0 Å². The van der Waals surface area contributed by atoms with E-state index >= 15 is 0 Å². The molecule has 2 aliphatic heterocycles. The number of pyridine rings is 2. The highest BCUT2D eigenvalue weighted by molar-refractivity contribution is 6.38. The van der Waals surface area contributed by atoms with E-state index in [0.717, 1.165) is 48.5 Å². The summed E-state index contributed by atoms with van der Waals surface area (Å²) in [6.45, 7) is 10.1. The molecule has 0 atom stereocenters. The Labute approximate surface area is 259 Å². The van der Waals surface area contributed by atoms with Gasteiger partial charge in [0.1, 0.15) is 5.56 Å². The van der Waals surface area contributed by atoms with Crippen molar-refractivity contribution in [1.82, 2.24) is 9.97 Å². The zero-order chi connectivity index (χ0) is 31.1. The number of nitrogens with zero attached hydrogens (tertiary/aromatic N) is 3. The molecule has 6 rings (SSSR count). The number of morpholine rings is 2. The lowest BCUT2D eigenvalue weighted by Crippen LogP contribution is -2.36. The summed E-state index contributed by atoms with van der Waals surface area (Å²) in [6.07, 6.45) is 2.88. The van der Waals surface area contributed by atoms with Crippen molar-refractivity contribution in [1.29, 1.82) is 0 Å². The third-order valence-electron chi connectivity index (χ3n) is 7.39. The number of ether oxygens (including phenoxy) is 4. The maximum Gasteiger partial charge on any atom is 0.343 e. The Morgan fingerprint density at radius 3 is 1.98 bits per heavy atom. The largest absolute Gasteiger partial charge is 0.462 e. The van der Waals surface area contributed by atoms with Crippen molar-refractivity contribution in [2.24, 2.45) is 0 Å². The highest BCUT2D eigenvalue weighted by Gasteiger charge is 2.18. The number of nitrogens with one attached hydrogen (secondary N) is 1. The van der Waals surface area contributed by atoms with Gasteiger partial charge in [-0.2, -0.15) is 0 Å². The molecular weight excluding hydrogens is 588 g/mol. The molecule has 1 N–H and O–H groups in total. The zero-order valence-corrected chi connectivity index (χ0v) is 25.5. The Kier molecular flexibility index (Phi) is 10.3. The normalized spacial score (nSPS) is 15.1. The summed E-state index contributed by atoms with van der Waals surface area (Å²) in [6, 6.07) is 11.5. The van der Waals surface area contributed by atoms with Crippen LogP contribution in [0.4, 0.5) is 11.4 Å². The fourth-order valence-corrected chi connectivity index (χ4v) is 5.38. The van der Waals surface area contributed by atoms with Gasteiger partial charge >= 0.3 is 11.9 Å². The van der Waals surface area contributed by atoms with Gasteiger partial charge in [0.25, 0.3) is 0 Å². The second kappa shape index (κ2) is 14.5. The molecule has 0 radical (unpaired) electrons. The first-order chi connectivity index (χ1) is 21.4. The van der Waals surface area contributed by atoms with Crippen molar-refractivity contribution in [3.05, 3.63) is 75.2 Å². The average molecular weight is 623 g/mol. The van der Waals surface area contributed by atoms with E-state index in [2.05, 4.69) is 19.8 Å². The quantitative estimate of drug-likeness (QED) is 0.309. The molecule has 0 unspecified atom stereocenters. The molecule has 12 heteroatoms. The molecule has 0 aliphatic carbocycles. The number of carbonyl (C=O) groups excluding carboxylic acids is 2. The molecule has 2 aliphatic rings. The SMILES string of the molecule is CCOC(=O)c1c[nH]c2ccc(N3CCOCC3)cc2c1=O.CCOC(=O)c1cnc2ccc(N3CCOCC3)cc2c1Cl. The maximum atomic E-state index is 12.5. The van der Waals surface area contributed by atoms with Crippen LogP contribution in [-0.4, -0.2) is 87.7 Å². The predicted octanol–water partition coefficient (Wildman–Crippen LogP) is 4.44. The van der Waals surface area contributed by atoms with Crippen LogP contribution in [0.15, 0.2) is 53.6 Å². The van der Waals surface area contributed by atoms with Crippen LogP contribution in [0, 0.1) is 0 Å². The minimum absolute atomic E-state index is 0.0356. The maximum absolute atomic E-state index is 12.5. The number of halogens is 1. The molecule has 2 fully saturated rings. The fraction of sp³-hybridized carbons (Fsp3) is 0.375. The Hall–Kier alpha value is -4.19. The molecule has 0 saturated carbocycles. The van der Waals surface area contributed by atoms with Gasteiger partial charge in [-0.15, -0.1) is 0 Å². The van der Waals surface area contributed by atoms with E-state index in [0.29, 0.717) is 54.5 Å². The molecule has 11 nitrogen and oxygen atoms in total. The van der Waals surface area contributed by atoms with Crippen LogP contribution in [0.3, 0.4) is 0 Å². The summed E-state index contributed by atoms with van der Waals surface area (Å²) < 4.78 is 20.6. The van der Waals surface area contributed by atoms with Crippen LogP contribution >= 0.6 is 11.6 Å². The number of benzene rings is 2. The van der Waals surface area contributed by atoms with Gasteiger partial charge in [-0.25, -0.2) is 9.59 Å². The van der Waals surface area contributed by atoms with Gasteiger partial charge in [-0.3, -0.25) is 9.78 Å². The van der Waals surface area contributed by atoms with Gasteiger partial charge in [0.2, 0.25) is 5.43 Å². The first-order valence-electron chi connectivity index (χ1n) is 14.6. The van der Waals surface area contributed by atoms with Gasteiger partial charge in [-0.05, 0) is 50.2 Å². The minimum Gasteiger partial charge on any atom is -0.462 e. The van der Waals surface area contributed by atoms with Crippen LogP contribution in [0.2, 0.25) is 5.02 Å². The number of rotatable bonds is 6. The molecule has 4 heterocycles. The monoisotopic (exact) mass is 622 g/mol. The molecule has 44 heavy (non-hydrogen) atoms. The molecular formula is C32H35ClN4O7. The zero-order valence-electron chi connectivity index (χ0n) is 24.8. The highest BCUT2D eigenvalue weighted by Crippen LogP contribution is 2.30. The van der Waals surface area contributed by atoms with Gasteiger partial charge in [-0.1, -0.05) is 11.6 Å². The molecule has 232 valence electrons. The number of carbonyl (C=O) groups is 2. The third-order valence-corrected chi connectivity index (χ3v) is 7.80. The number of aromatic amines is 1. The lowest BCUT2D eigenvalue weighted by atomic mass is 10.1. The molecule has 0 spiro atoms. The Morgan fingerprint density at radius 2 is 1.39 bits per heavy atom. The first-order valence-corrected chi connectivity index (χ1v) is 15.0. The number of hydrogen-bond acceptors (Lipinski definition) is 10.